The van der Waals surface area contributed by atoms with E-state index >= 15 is 0 Å². The van der Waals surface area contributed by atoms with Crippen molar-refractivity contribution in [1.82, 2.24) is 14.9 Å². The Morgan fingerprint density at radius 1 is 1.67 bits per heavy atom. The number of rotatable bonds is 4. The Hall–Kier alpha value is -0.920. The predicted octanol–water partition coefficient (Wildman–Crippen LogP) is -0.133. The summed E-state index contributed by atoms with van der Waals surface area (Å²) < 4.78 is 31.0. The molecule has 1 aliphatic heterocycles. The highest BCUT2D eigenvalue weighted by atomic mass is 32.2. The Morgan fingerprint density at radius 3 is 3.13 bits per heavy atom. The number of aromatic nitrogens is 2. The Morgan fingerprint density at radius 2 is 2.53 bits per heavy atom. The SMILES string of the molecule is O=S(=O)(NCC1CCCO1)c1ccn[nH]1. The van der Waals surface area contributed by atoms with E-state index < -0.39 is 10.0 Å². The predicted molar refractivity (Wildman–Crippen MR) is 52.8 cm³/mol. The van der Waals surface area contributed by atoms with Gasteiger partial charge in [0.25, 0.3) is 10.0 Å². The molecular formula is C8H13N3O3S. The normalized spacial score (nSPS) is 22.0. The molecule has 6 nitrogen and oxygen atoms in total. The molecule has 0 amide bonds. The van der Waals surface area contributed by atoms with E-state index in [0.717, 1.165) is 19.4 Å². The summed E-state index contributed by atoms with van der Waals surface area (Å²) in [5.41, 5.74) is 0. The molecule has 0 radical (unpaired) electrons. The van der Waals surface area contributed by atoms with Gasteiger partial charge in [0, 0.05) is 13.2 Å². The molecule has 84 valence electrons. The summed E-state index contributed by atoms with van der Waals surface area (Å²) in [5, 5.41) is 6.09. The first kappa shape index (κ1) is 10.6. The first-order chi connectivity index (χ1) is 7.18. The number of H-pyrrole nitrogens is 1. The zero-order valence-corrected chi connectivity index (χ0v) is 8.96. The molecule has 1 fully saturated rings. The van der Waals surface area contributed by atoms with Gasteiger partial charge in [-0.2, -0.15) is 5.10 Å². The summed E-state index contributed by atoms with van der Waals surface area (Å²) in [5.74, 6) is 0. The van der Waals surface area contributed by atoms with Crippen LogP contribution >= 0.6 is 0 Å². The van der Waals surface area contributed by atoms with Crippen molar-refractivity contribution in [3.05, 3.63) is 12.3 Å². The molecule has 7 heteroatoms. The van der Waals surface area contributed by atoms with Gasteiger partial charge in [-0.25, -0.2) is 13.1 Å². The number of hydrogen-bond acceptors (Lipinski definition) is 4. The molecule has 0 aliphatic carbocycles. The third-order valence-corrected chi connectivity index (χ3v) is 3.64. The highest BCUT2D eigenvalue weighted by molar-refractivity contribution is 7.89. The van der Waals surface area contributed by atoms with Crippen LogP contribution in [0.5, 0.6) is 0 Å². The number of nitrogens with zero attached hydrogens (tertiary/aromatic N) is 1. The number of hydrogen-bond donors (Lipinski definition) is 2. The van der Waals surface area contributed by atoms with Crippen molar-refractivity contribution in [2.75, 3.05) is 13.2 Å². The maximum absolute atomic E-state index is 11.6. The van der Waals surface area contributed by atoms with Gasteiger partial charge in [0.05, 0.1) is 12.3 Å². The average molecular weight is 231 g/mol. The minimum atomic E-state index is -3.45. The van der Waals surface area contributed by atoms with Crippen LogP contribution < -0.4 is 4.72 Å². The van der Waals surface area contributed by atoms with Gasteiger partial charge in [-0.15, -0.1) is 0 Å². The standard InChI is InChI=1S/C8H13N3O3S/c12-15(13,8-3-4-9-11-8)10-6-7-2-1-5-14-7/h3-4,7,10H,1-2,5-6H2,(H,9,11). The fourth-order valence-electron chi connectivity index (χ4n) is 1.48. The van der Waals surface area contributed by atoms with Crippen molar-refractivity contribution in [3.8, 4) is 0 Å². The number of nitrogens with one attached hydrogen (secondary N) is 2. The smallest absolute Gasteiger partial charge is 0.257 e. The number of aromatic amines is 1. The van der Waals surface area contributed by atoms with Crippen LogP contribution in [0, 0.1) is 0 Å². The van der Waals surface area contributed by atoms with E-state index in [-0.39, 0.29) is 11.1 Å². The molecule has 0 spiro atoms. The molecule has 1 unspecified atom stereocenters. The summed E-state index contributed by atoms with van der Waals surface area (Å²) in [6, 6.07) is 1.41. The van der Waals surface area contributed by atoms with Gasteiger partial charge in [0.1, 0.15) is 0 Å². The minimum absolute atomic E-state index is 0.00250. The van der Waals surface area contributed by atoms with Crippen molar-refractivity contribution in [2.24, 2.45) is 0 Å². The van der Waals surface area contributed by atoms with Crippen LogP contribution in [0.3, 0.4) is 0 Å². The lowest BCUT2D eigenvalue weighted by Gasteiger charge is -2.09. The third kappa shape index (κ3) is 2.55. The van der Waals surface area contributed by atoms with Gasteiger partial charge in [-0.05, 0) is 18.9 Å². The second-order valence-corrected chi connectivity index (χ2v) is 5.14. The maximum Gasteiger partial charge on any atom is 0.257 e. The highest BCUT2D eigenvalue weighted by Gasteiger charge is 2.20. The first-order valence-electron chi connectivity index (χ1n) is 4.79. The number of sulfonamides is 1. The van der Waals surface area contributed by atoms with E-state index in [1.807, 2.05) is 0 Å². The van der Waals surface area contributed by atoms with Gasteiger partial charge in [-0.3, -0.25) is 5.10 Å². The Bertz CT molecular complexity index is 395. The largest absolute Gasteiger partial charge is 0.377 e. The summed E-state index contributed by atoms with van der Waals surface area (Å²) in [6.45, 7) is 1.04. The summed E-state index contributed by atoms with van der Waals surface area (Å²) in [7, 11) is -3.45. The van der Waals surface area contributed by atoms with Gasteiger partial charge in [0.15, 0.2) is 5.03 Å². The highest BCUT2D eigenvalue weighted by Crippen LogP contribution is 2.11. The van der Waals surface area contributed by atoms with Crippen LogP contribution in [-0.4, -0.2) is 37.9 Å². The zero-order valence-electron chi connectivity index (χ0n) is 8.14. The van der Waals surface area contributed by atoms with Crippen LogP contribution in [0.2, 0.25) is 0 Å². The molecule has 2 heterocycles. The van der Waals surface area contributed by atoms with E-state index in [2.05, 4.69) is 14.9 Å². The van der Waals surface area contributed by atoms with Gasteiger partial charge in [-0.1, -0.05) is 0 Å². The Kier molecular flexibility index (Phi) is 3.03. The second-order valence-electron chi connectivity index (χ2n) is 3.41. The van der Waals surface area contributed by atoms with Crippen molar-refractivity contribution >= 4 is 10.0 Å². The van der Waals surface area contributed by atoms with E-state index in [1.165, 1.54) is 12.3 Å². The molecule has 1 saturated heterocycles. The summed E-state index contributed by atoms with van der Waals surface area (Å²) in [4.78, 5) is 0. The molecule has 0 saturated carbocycles. The van der Waals surface area contributed by atoms with E-state index in [9.17, 15) is 8.42 Å². The van der Waals surface area contributed by atoms with E-state index in [0.29, 0.717) is 6.54 Å². The molecule has 0 bridgehead atoms. The van der Waals surface area contributed by atoms with Crippen molar-refractivity contribution in [2.45, 2.75) is 24.0 Å². The van der Waals surface area contributed by atoms with Gasteiger partial charge < -0.3 is 4.74 Å². The zero-order chi connectivity index (χ0) is 10.7. The quantitative estimate of drug-likeness (QED) is 0.756. The fraction of sp³-hybridized carbons (Fsp3) is 0.625. The van der Waals surface area contributed by atoms with Gasteiger partial charge >= 0.3 is 0 Å². The molecule has 1 aliphatic rings. The Balaban J connectivity index is 1.93. The molecule has 15 heavy (non-hydrogen) atoms. The average Bonchev–Trinajstić information content (AvgIpc) is 2.88. The van der Waals surface area contributed by atoms with Crippen molar-refractivity contribution in [3.63, 3.8) is 0 Å². The van der Waals surface area contributed by atoms with Crippen LogP contribution in [0.25, 0.3) is 0 Å². The lowest BCUT2D eigenvalue weighted by Crippen LogP contribution is -2.32. The van der Waals surface area contributed by atoms with E-state index in [1.54, 1.807) is 0 Å². The minimum Gasteiger partial charge on any atom is -0.377 e. The summed E-state index contributed by atoms with van der Waals surface area (Å²) in [6.07, 6.45) is 3.31. The van der Waals surface area contributed by atoms with Crippen molar-refractivity contribution < 1.29 is 13.2 Å². The second kappa shape index (κ2) is 4.30. The first-order valence-corrected chi connectivity index (χ1v) is 6.27. The molecule has 1 atom stereocenters. The summed E-state index contributed by atoms with van der Waals surface area (Å²) >= 11 is 0. The molecule has 1 aromatic rings. The van der Waals surface area contributed by atoms with Crippen LogP contribution in [0.15, 0.2) is 17.3 Å². The van der Waals surface area contributed by atoms with Crippen LogP contribution in [-0.2, 0) is 14.8 Å². The molecular weight excluding hydrogens is 218 g/mol. The topological polar surface area (TPSA) is 84.1 Å². The van der Waals surface area contributed by atoms with Gasteiger partial charge in [0.2, 0.25) is 0 Å². The fourth-order valence-corrected chi connectivity index (χ4v) is 2.45. The van der Waals surface area contributed by atoms with Crippen molar-refractivity contribution in [1.29, 1.82) is 0 Å². The maximum atomic E-state index is 11.6. The monoisotopic (exact) mass is 231 g/mol. The Labute approximate surface area is 88.1 Å². The van der Waals surface area contributed by atoms with Crippen LogP contribution in [0.1, 0.15) is 12.8 Å². The molecule has 0 aromatic carbocycles. The van der Waals surface area contributed by atoms with E-state index in [4.69, 9.17) is 4.74 Å². The lowest BCUT2D eigenvalue weighted by atomic mass is 10.2. The number of ether oxygens (including phenoxy) is 1. The molecule has 2 rings (SSSR count). The third-order valence-electron chi connectivity index (χ3n) is 2.29. The molecule has 2 N–H and O–H groups in total. The van der Waals surface area contributed by atoms with Crippen LogP contribution in [0.4, 0.5) is 0 Å². The lowest BCUT2D eigenvalue weighted by molar-refractivity contribution is 0.114. The molecule has 1 aromatic heterocycles.